The molecule has 3 N–H and O–H groups in total. The van der Waals surface area contributed by atoms with Crippen LogP contribution in [0.2, 0.25) is 10.0 Å². The number of anilines is 2. The summed E-state index contributed by atoms with van der Waals surface area (Å²) in [5, 5.41) is 3.33. The second-order valence-corrected chi connectivity index (χ2v) is 10.7. The van der Waals surface area contributed by atoms with E-state index in [1.54, 1.807) is 12.1 Å². The lowest BCUT2D eigenvalue weighted by Crippen LogP contribution is -2.37. The predicted molar refractivity (Wildman–Crippen MR) is 160 cm³/mol. The Bertz CT molecular complexity index is 1360. The molecule has 7 nitrogen and oxygen atoms in total. The van der Waals surface area contributed by atoms with Gasteiger partial charge in [0.2, 0.25) is 5.91 Å². The highest BCUT2D eigenvalue weighted by molar-refractivity contribution is 6.40. The number of hydrogen-bond donors (Lipinski definition) is 2. The molecule has 0 radical (unpaired) electrons. The van der Waals surface area contributed by atoms with E-state index in [4.69, 9.17) is 33.7 Å². The Labute approximate surface area is 244 Å². The van der Waals surface area contributed by atoms with Gasteiger partial charge in [0.05, 0.1) is 28.6 Å². The van der Waals surface area contributed by atoms with Gasteiger partial charge in [-0.3, -0.25) is 14.4 Å². The van der Waals surface area contributed by atoms with Crippen molar-refractivity contribution in [2.24, 2.45) is 5.92 Å². The van der Waals surface area contributed by atoms with Gasteiger partial charge >= 0.3 is 5.97 Å². The Morgan fingerprint density at radius 3 is 2.42 bits per heavy atom. The first kappa shape index (κ1) is 29.4. The second-order valence-electron chi connectivity index (χ2n) is 9.90. The van der Waals surface area contributed by atoms with Crippen LogP contribution < -0.4 is 16.0 Å². The van der Waals surface area contributed by atoms with Gasteiger partial charge in [0.25, 0.3) is 0 Å². The number of methoxy groups -OCH3 is 1. The summed E-state index contributed by atoms with van der Waals surface area (Å²) in [6.45, 7) is 1.46. The van der Waals surface area contributed by atoms with Crippen LogP contribution in [-0.4, -0.2) is 44.4 Å². The van der Waals surface area contributed by atoms with Gasteiger partial charge in [-0.05, 0) is 60.2 Å². The number of carbonyl (C=O) groups is 3. The van der Waals surface area contributed by atoms with Crippen LogP contribution in [0.5, 0.6) is 0 Å². The fourth-order valence-electron chi connectivity index (χ4n) is 5.00. The van der Waals surface area contributed by atoms with Crippen molar-refractivity contribution in [3.8, 4) is 11.1 Å². The summed E-state index contributed by atoms with van der Waals surface area (Å²) >= 11 is 12.9. The first-order valence-corrected chi connectivity index (χ1v) is 14.1. The van der Waals surface area contributed by atoms with Crippen LogP contribution in [-0.2, 0) is 20.7 Å². The summed E-state index contributed by atoms with van der Waals surface area (Å²) in [7, 11) is 1.29. The number of Topliss-reactive ketones (excluding diaryl/α,β-unsaturated/α-hetero) is 1. The zero-order valence-corrected chi connectivity index (χ0v) is 23.9. The van der Waals surface area contributed by atoms with Gasteiger partial charge in [-0.25, -0.2) is 0 Å². The number of nitrogens with one attached hydrogen (secondary N) is 1. The van der Waals surface area contributed by atoms with Crippen molar-refractivity contribution in [3.05, 3.63) is 81.8 Å². The average Bonchev–Trinajstić information content (AvgIpc) is 2.95. The van der Waals surface area contributed by atoms with Gasteiger partial charge < -0.3 is 20.7 Å². The number of aryl methyl sites for hydroxylation is 1. The molecule has 1 atom stereocenters. The van der Waals surface area contributed by atoms with Crippen LogP contribution in [0.15, 0.2) is 60.7 Å². The quantitative estimate of drug-likeness (QED) is 0.165. The number of ketones is 1. The molecule has 40 heavy (non-hydrogen) atoms. The number of amides is 1. The maximum absolute atomic E-state index is 13.1. The Kier molecular flexibility index (Phi) is 10.1. The molecule has 1 aliphatic rings. The Balaban J connectivity index is 1.32. The largest absolute Gasteiger partial charge is 0.469 e. The van der Waals surface area contributed by atoms with Crippen LogP contribution in [0, 0.1) is 5.92 Å². The van der Waals surface area contributed by atoms with E-state index in [-0.39, 0.29) is 53.1 Å². The second kappa shape index (κ2) is 13.7. The number of rotatable bonds is 11. The van der Waals surface area contributed by atoms with Gasteiger partial charge in [0.1, 0.15) is 0 Å². The lowest BCUT2D eigenvalue weighted by Gasteiger charge is -2.31. The van der Waals surface area contributed by atoms with E-state index >= 15 is 0 Å². The van der Waals surface area contributed by atoms with Crippen molar-refractivity contribution in [3.63, 3.8) is 0 Å². The first-order chi connectivity index (χ1) is 19.3. The van der Waals surface area contributed by atoms with Crippen molar-refractivity contribution in [2.45, 2.75) is 32.1 Å². The van der Waals surface area contributed by atoms with Gasteiger partial charge in [0.15, 0.2) is 5.78 Å². The molecule has 9 heteroatoms. The fraction of sp³-hybridized carbons (Fsp3) is 0.323. The smallest absolute Gasteiger partial charge is 0.310 e. The standard InChI is InChI=1S/C31H33Cl2N3O4/c1-40-31(39)22(19-35-29(38)13-15-36-14-5-8-21-9-11-24(34)18-27(21)36)10-12-28(37)30-25(32)16-23(17-26(30)33)20-6-3-2-4-7-20/h2-4,6-7,9,11,16-18,22H,5,8,10,12-15,19,34H2,1H3,(H,35,38)/t22-/m0/s1. The van der Waals surface area contributed by atoms with Crippen molar-refractivity contribution in [2.75, 3.05) is 37.4 Å². The van der Waals surface area contributed by atoms with E-state index in [0.29, 0.717) is 12.2 Å². The summed E-state index contributed by atoms with van der Waals surface area (Å²) in [4.78, 5) is 40.3. The Hall–Kier alpha value is -3.55. The number of halogens is 2. The molecular formula is C31H33Cl2N3O4. The minimum absolute atomic E-state index is 0.0196. The minimum Gasteiger partial charge on any atom is -0.469 e. The van der Waals surface area contributed by atoms with Gasteiger partial charge in [-0.1, -0.05) is 59.6 Å². The van der Waals surface area contributed by atoms with Crippen LogP contribution in [0.4, 0.5) is 11.4 Å². The Morgan fingerprint density at radius 1 is 1.00 bits per heavy atom. The summed E-state index contributed by atoms with van der Waals surface area (Å²) in [6, 6.07) is 18.9. The van der Waals surface area contributed by atoms with Crippen LogP contribution in [0.1, 0.15) is 41.6 Å². The van der Waals surface area contributed by atoms with Gasteiger partial charge in [-0.2, -0.15) is 0 Å². The van der Waals surface area contributed by atoms with Crippen molar-refractivity contribution >= 4 is 52.2 Å². The number of ether oxygens (including phenoxy) is 1. The third kappa shape index (κ3) is 7.34. The lowest BCUT2D eigenvalue weighted by molar-refractivity contribution is -0.145. The minimum atomic E-state index is -0.686. The molecule has 4 rings (SSSR count). The van der Waals surface area contributed by atoms with Crippen LogP contribution >= 0.6 is 23.2 Å². The summed E-state index contributed by atoms with van der Waals surface area (Å²) in [6.07, 6.45) is 2.47. The molecule has 0 aromatic heterocycles. The van der Waals surface area contributed by atoms with Gasteiger partial charge in [-0.15, -0.1) is 0 Å². The van der Waals surface area contributed by atoms with Crippen LogP contribution in [0.3, 0.4) is 0 Å². The van der Waals surface area contributed by atoms with Gasteiger partial charge in [0, 0.05) is 43.9 Å². The third-order valence-electron chi connectivity index (χ3n) is 7.16. The number of nitrogens with zero attached hydrogens (tertiary/aromatic N) is 1. The normalized spacial score (nSPS) is 13.3. The lowest BCUT2D eigenvalue weighted by atomic mass is 9.96. The molecule has 0 bridgehead atoms. The van der Waals surface area contributed by atoms with E-state index in [1.807, 2.05) is 48.5 Å². The maximum atomic E-state index is 13.1. The van der Waals surface area contributed by atoms with E-state index < -0.39 is 11.9 Å². The number of nitrogens with two attached hydrogens (primary N) is 1. The predicted octanol–water partition coefficient (Wildman–Crippen LogP) is 5.95. The highest BCUT2D eigenvalue weighted by atomic mass is 35.5. The fourth-order valence-corrected chi connectivity index (χ4v) is 5.70. The van der Waals surface area contributed by atoms with E-state index in [2.05, 4.69) is 10.2 Å². The van der Waals surface area contributed by atoms with E-state index in [0.717, 1.165) is 36.2 Å². The SMILES string of the molecule is COC(=O)[C@@H](CCC(=O)c1c(Cl)cc(-c2ccccc2)cc1Cl)CNC(=O)CCN1CCCc2ccc(N)cc21. The molecule has 0 aliphatic carbocycles. The number of fused-ring (bicyclic) bond motifs is 1. The Morgan fingerprint density at radius 2 is 1.73 bits per heavy atom. The number of esters is 1. The molecule has 0 saturated carbocycles. The molecule has 3 aromatic rings. The highest BCUT2D eigenvalue weighted by Crippen LogP contribution is 2.33. The molecule has 0 saturated heterocycles. The summed E-state index contributed by atoms with van der Waals surface area (Å²) in [5.41, 5.74) is 10.9. The molecular weight excluding hydrogens is 549 g/mol. The maximum Gasteiger partial charge on any atom is 0.310 e. The molecule has 0 unspecified atom stereocenters. The number of benzene rings is 3. The highest BCUT2D eigenvalue weighted by Gasteiger charge is 2.24. The zero-order valence-electron chi connectivity index (χ0n) is 22.4. The molecule has 0 spiro atoms. The summed E-state index contributed by atoms with van der Waals surface area (Å²) in [5.74, 6) is -1.64. The molecule has 1 aliphatic heterocycles. The number of hydrogen-bond acceptors (Lipinski definition) is 6. The zero-order chi connectivity index (χ0) is 28.6. The van der Waals surface area contributed by atoms with E-state index in [9.17, 15) is 14.4 Å². The number of carbonyl (C=O) groups excluding carboxylic acids is 3. The molecule has 1 heterocycles. The van der Waals surface area contributed by atoms with Crippen molar-refractivity contribution < 1.29 is 19.1 Å². The summed E-state index contributed by atoms with van der Waals surface area (Å²) < 4.78 is 4.93. The first-order valence-electron chi connectivity index (χ1n) is 13.3. The van der Waals surface area contributed by atoms with Crippen molar-refractivity contribution in [1.29, 1.82) is 0 Å². The van der Waals surface area contributed by atoms with Crippen LogP contribution in [0.25, 0.3) is 11.1 Å². The van der Waals surface area contributed by atoms with Crippen molar-refractivity contribution in [1.82, 2.24) is 5.32 Å². The monoisotopic (exact) mass is 581 g/mol. The molecule has 0 fully saturated rings. The third-order valence-corrected chi connectivity index (χ3v) is 7.76. The average molecular weight is 583 g/mol. The van der Waals surface area contributed by atoms with E-state index in [1.165, 1.54) is 12.7 Å². The topological polar surface area (TPSA) is 102 Å². The molecule has 1 amide bonds. The number of nitrogen functional groups attached to an aromatic ring is 1. The molecule has 3 aromatic carbocycles. The molecule has 210 valence electrons.